The van der Waals surface area contributed by atoms with E-state index in [1.165, 1.54) is 6.21 Å². The molecule has 1 heterocycles. The van der Waals surface area contributed by atoms with Crippen molar-refractivity contribution in [3.63, 3.8) is 0 Å². The molecule has 236 valence electrons. The zero-order valence-electron chi connectivity index (χ0n) is 24.9. The molecule has 1 aliphatic rings. The summed E-state index contributed by atoms with van der Waals surface area (Å²) >= 11 is 12.5. The lowest BCUT2D eigenvalue weighted by Crippen LogP contribution is -2.45. The van der Waals surface area contributed by atoms with E-state index >= 15 is 0 Å². The number of thiocarbonyl (C=S) groups is 1. The van der Waals surface area contributed by atoms with E-state index in [1.54, 1.807) is 32.0 Å². The van der Waals surface area contributed by atoms with Crippen LogP contribution in [-0.2, 0) is 20.9 Å². The van der Waals surface area contributed by atoms with Crippen molar-refractivity contribution >= 4 is 78.1 Å². The summed E-state index contributed by atoms with van der Waals surface area (Å²) in [5, 5.41) is 12.8. The molecule has 4 aromatic rings. The van der Waals surface area contributed by atoms with Gasteiger partial charge in [0.25, 0.3) is 5.91 Å². The van der Waals surface area contributed by atoms with Crippen molar-refractivity contribution in [1.29, 1.82) is 0 Å². The van der Waals surface area contributed by atoms with Gasteiger partial charge in [-0.05, 0) is 98.0 Å². The molecule has 0 fully saturated rings. The number of allylic oxidation sites excluding steroid dienone is 1. The summed E-state index contributed by atoms with van der Waals surface area (Å²) in [7, 11) is 0. The van der Waals surface area contributed by atoms with Gasteiger partial charge in [-0.25, -0.2) is 10.2 Å². The second-order valence-electron chi connectivity index (χ2n) is 10.2. The smallest absolute Gasteiger partial charge is 0.338 e. The first kappa shape index (κ1) is 33.1. The predicted octanol–water partition coefficient (Wildman–Crippen LogP) is 6.83. The standard InChI is InChI=1S/C34H30Br2N4O5S/c1-3-43-33(42)30-20(2)38-34(46)39-31(30)25-13-6-7-14-28(25)44-19-29(41)40-37-17-21-15-26(35)32(27(36)16-21)45-18-23-11-8-10-22-9-4-5-12-24(22)23/h4-17,31H,3,18-19H2,1-2H3,(H,40,41)(H2,38,39,46)/t31-/m1/s1. The lowest BCUT2D eigenvalue weighted by atomic mass is 9.95. The SMILES string of the molecule is CCOC(=O)C1=C(C)NC(=S)N[C@@H]1c1ccccc1OCC(=O)NN=Cc1cc(Br)c(OCc2cccc3ccccc23)c(Br)c1. The normalized spacial score (nSPS) is 14.5. The second-order valence-corrected chi connectivity index (χ2v) is 12.3. The van der Waals surface area contributed by atoms with E-state index in [1.807, 2.05) is 36.4 Å². The van der Waals surface area contributed by atoms with Crippen LogP contribution in [0.3, 0.4) is 0 Å². The lowest BCUT2D eigenvalue weighted by molar-refractivity contribution is -0.139. The minimum atomic E-state index is -0.624. The highest BCUT2D eigenvalue weighted by atomic mass is 79.9. The molecule has 12 heteroatoms. The highest BCUT2D eigenvalue weighted by molar-refractivity contribution is 9.11. The first-order chi connectivity index (χ1) is 22.2. The van der Waals surface area contributed by atoms with Gasteiger partial charge in [0.2, 0.25) is 0 Å². The average molecular weight is 767 g/mol. The monoisotopic (exact) mass is 764 g/mol. The summed E-state index contributed by atoms with van der Waals surface area (Å²) < 4.78 is 18.8. The zero-order valence-corrected chi connectivity index (χ0v) is 28.9. The highest BCUT2D eigenvalue weighted by Crippen LogP contribution is 2.36. The summed E-state index contributed by atoms with van der Waals surface area (Å²) in [6.07, 6.45) is 1.52. The topological polar surface area (TPSA) is 110 Å². The number of hydrogen-bond donors (Lipinski definition) is 3. The number of para-hydroxylation sites is 1. The summed E-state index contributed by atoms with van der Waals surface area (Å²) in [6.45, 7) is 3.81. The number of rotatable bonds is 11. The first-order valence-electron chi connectivity index (χ1n) is 14.3. The molecule has 0 saturated heterocycles. The molecule has 5 rings (SSSR count). The van der Waals surface area contributed by atoms with Gasteiger partial charge in [-0.1, -0.05) is 60.7 Å². The van der Waals surface area contributed by atoms with Crippen molar-refractivity contribution in [2.24, 2.45) is 5.10 Å². The Morgan fingerprint density at radius 2 is 1.72 bits per heavy atom. The fourth-order valence-electron chi connectivity index (χ4n) is 4.97. The first-order valence-corrected chi connectivity index (χ1v) is 16.3. The third-order valence-electron chi connectivity index (χ3n) is 7.03. The van der Waals surface area contributed by atoms with Gasteiger partial charge in [0.05, 0.1) is 33.4 Å². The fraction of sp³-hybridized carbons (Fsp3) is 0.176. The van der Waals surface area contributed by atoms with Crippen molar-refractivity contribution < 1.29 is 23.8 Å². The molecule has 0 radical (unpaired) electrons. The number of halogens is 2. The van der Waals surface area contributed by atoms with Crippen LogP contribution in [0.2, 0.25) is 0 Å². The lowest BCUT2D eigenvalue weighted by Gasteiger charge is -2.30. The van der Waals surface area contributed by atoms with Crippen molar-refractivity contribution in [2.45, 2.75) is 26.5 Å². The maximum atomic E-state index is 12.8. The van der Waals surface area contributed by atoms with E-state index in [0.717, 1.165) is 30.8 Å². The molecule has 0 saturated carbocycles. The Bertz CT molecular complexity index is 1830. The van der Waals surface area contributed by atoms with Crippen molar-refractivity contribution in [3.8, 4) is 11.5 Å². The molecule has 1 aliphatic heterocycles. The van der Waals surface area contributed by atoms with Gasteiger partial charge < -0.3 is 24.8 Å². The molecular formula is C34H30Br2N4O5S. The van der Waals surface area contributed by atoms with E-state index in [2.05, 4.69) is 77.3 Å². The number of hydrogen-bond acceptors (Lipinski definition) is 7. The number of nitrogens with one attached hydrogen (secondary N) is 3. The van der Waals surface area contributed by atoms with Gasteiger partial charge in [-0.2, -0.15) is 5.10 Å². The van der Waals surface area contributed by atoms with Gasteiger partial charge in [0.15, 0.2) is 11.7 Å². The second kappa shape index (κ2) is 15.4. The Morgan fingerprint density at radius 3 is 2.50 bits per heavy atom. The van der Waals surface area contributed by atoms with Crippen LogP contribution in [-0.4, -0.2) is 36.4 Å². The van der Waals surface area contributed by atoms with Crippen LogP contribution in [0, 0.1) is 0 Å². The number of hydrazone groups is 1. The molecule has 0 unspecified atom stereocenters. The molecule has 0 spiro atoms. The Hall–Kier alpha value is -4.26. The highest BCUT2D eigenvalue weighted by Gasteiger charge is 2.32. The van der Waals surface area contributed by atoms with Crippen LogP contribution in [0.15, 0.2) is 104 Å². The van der Waals surface area contributed by atoms with Crippen molar-refractivity contribution in [2.75, 3.05) is 13.2 Å². The molecule has 9 nitrogen and oxygen atoms in total. The van der Waals surface area contributed by atoms with Gasteiger partial charge in [0.1, 0.15) is 18.1 Å². The van der Waals surface area contributed by atoms with E-state index in [9.17, 15) is 9.59 Å². The number of nitrogens with zero attached hydrogens (tertiary/aromatic N) is 1. The molecule has 0 aliphatic carbocycles. The minimum Gasteiger partial charge on any atom is -0.487 e. The van der Waals surface area contributed by atoms with Gasteiger partial charge in [-0.3, -0.25) is 4.79 Å². The molecule has 0 aromatic heterocycles. The minimum absolute atomic E-state index is 0.226. The number of esters is 1. The molecule has 1 amide bonds. The quantitative estimate of drug-likeness (QED) is 0.0661. The predicted molar refractivity (Wildman–Crippen MR) is 189 cm³/mol. The Balaban J connectivity index is 1.20. The largest absolute Gasteiger partial charge is 0.487 e. The summed E-state index contributed by atoms with van der Waals surface area (Å²) in [5.74, 6) is 0.120. The number of amides is 1. The van der Waals surface area contributed by atoms with E-state index < -0.39 is 17.9 Å². The van der Waals surface area contributed by atoms with Gasteiger partial charge >= 0.3 is 5.97 Å². The van der Waals surface area contributed by atoms with E-state index in [-0.39, 0.29) is 13.2 Å². The molecular weight excluding hydrogens is 736 g/mol. The Labute approximate surface area is 288 Å². The Kier molecular flexibility index (Phi) is 11.1. The van der Waals surface area contributed by atoms with Crippen molar-refractivity contribution in [3.05, 3.63) is 116 Å². The third-order valence-corrected chi connectivity index (χ3v) is 8.43. The van der Waals surface area contributed by atoms with E-state index in [0.29, 0.717) is 40.1 Å². The fourth-order valence-corrected chi connectivity index (χ4v) is 6.69. The maximum absolute atomic E-state index is 12.8. The molecule has 46 heavy (non-hydrogen) atoms. The van der Waals surface area contributed by atoms with Crippen LogP contribution < -0.4 is 25.5 Å². The van der Waals surface area contributed by atoms with Crippen LogP contribution in [0.5, 0.6) is 11.5 Å². The number of benzene rings is 4. The summed E-state index contributed by atoms with van der Waals surface area (Å²) in [4.78, 5) is 25.4. The van der Waals surface area contributed by atoms with Crippen molar-refractivity contribution in [1.82, 2.24) is 16.1 Å². The van der Waals surface area contributed by atoms with Crippen LogP contribution >= 0.6 is 44.1 Å². The summed E-state index contributed by atoms with van der Waals surface area (Å²) in [5.41, 5.74) is 5.88. The van der Waals surface area contributed by atoms with E-state index in [4.69, 9.17) is 26.4 Å². The van der Waals surface area contributed by atoms with Gasteiger partial charge in [0, 0.05) is 11.3 Å². The average Bonchev–Trinajstić information content (AvgIpc) is 3.03. The number of fused-ring (bicyclic) bond motifs is 1. The van der Waals surface area contributed by atoms with Crippen LogP contribution in [0.4, 0.5) is 0 Å². The molecule has 0 bridgehead atoms. The number of carbonyl (C=O) groups is 2. The third kappa shape index (κ3) is 7.93. The summed E-state index contributed by atoms with van der Waals surface area (Å²) in [6, 6.07) is 24.5. The molecule has 3 N–H and O–H groups in total. The molecule has 1 atom stereocenters. The molecule has 4 aromatic carbocycles. The van der Waals surface area contributed by atoms with Crippen LogP contribution in [0.1, 0.15) is 36.6 Å². The number of ether oxygens (including phenoxy) is 3. The van der Waals surface area contributed by atoms with Gasteiger partial charge in [-0.15, -0.1) is 0 Å². The zero-order chi connectivity index (χ0) is 32.6. The maximum Gasteiger partial charge on any atom is 0.338 e. The van der Waals surface area contributed by atoms with Crippen LogP contribution in [0.25, 0.3) is 10.8 Å². The Morgan fingerprint density at radius 1 is 1.00 bits per heavy atom. The number of carbonyl (C=O) groups excluding carboxylic acids is 2.